The van der Waals surface area contributed by atoms with Gasteiger partial charge in [0.05, 0.1) is 11.3 Å². The van der Waals surface area contributed by atoms with Crippen molar-refractivity contribution in [3.8, 4) is 0 Å². The number of halogens is 2. The van der Waals surface area contributed by atoms with Crippen LogP contribution in [-0.2, 0) is 6.42 Å². The molecular weight excluding hydrogens is 430 g/mol. The van der Waals surface area contributed by atoms with Gasteiger partial charge in [0, 0.05) is 23.1 Å². The Bertz CT molecular complexity index is 1060. The monoisotopic (exact) mass is 458 g/mol. The molecule has 2 aromatic rings. The number of allylic oxidation sites excluding steroid dienone is 4. The van der Waals surface area contributed by atoms with Crippen molar-refractivity contribution in [2.75, 3.05) is 11.8 Å². The van der Waals surface area contributed by atoms with Crippen molar-refractivity contribution in [1.82, 2.24) is 5.32 Å². The Kier molecular flexibility index (Phi) is 9.08. The van der Waals surface area contributed by atoms with Crippen LogP contribution in [-0.4, -0.2) is 17.9 Å². The minimum Gasteiger partial charge on any atom is -0.494 e. The van der Waals surface area contributed by atoms with Crippen molar-refractivity contribution in [3.63, 3.8) is 0 Å². The van der Waals surface area contributed by atoms with Crippen molar-refractivity contribution in [3.05, 3.63) is 94.4 Å². The standard InChI is InChI=1S/C25H28F2N2O2S/c1-6-8-16-9-11-17(12-10-16)32-29-20-14-13-19(26)22(23(20)27)24(30)18(7-2)21(15(3)4)25(31)28-5/h7,9-14,28-29,31H,3,6,8H2,1-2,4-5H3/b18-7+,25-21-. The lowest BCUT2D eigenvalue weighted by atomic mass is 9.92. The first kappa shape index (κ1) is 25.2. The molecule has 0 radical (unpaired) electrons. The van der Waals surface area contributed by atoms with Crippen LogP contribution in [0.5, 0.6) is 0 Å². The first-order valence-electron chi connectivity index (χ1n) is 10.2. The number of carbonyl (C=O) groups is 1. The zero-order valence-corrected chi connectivity index (χ0v) is 19.5. The summed E-state index contributed by atoms with van der Waals surface area (Å²) in [6, 6.07) is 10.1. The lowest BCUT2D eigenvalue weighted by Crippen LogP contribution is -2.17. The number of anilines is 1. The van der Waals surface area contributed by atoms with Gasteiger partial charge in [-0.05, 0) is 67.6 Å². The highest BCUT2D eigenvalue weighted by molar-refractivity contribution is 8.00. The Balaban J connectivity index is 2.36. The largest absolute Gasteiger partial charge is 0.494 e. The average Bonchev–Trinajstić information content (AvgIpc) is 2.77. The van der Waals surface area contributed by atoms with Crippen LogP contribution in [0.25, 0.3) is 0 Å². The van der Waals surface area contributed by atoms with Crippen LogP contribution in [0.3, 0.4) is 0 Å². The Hall–Kier alpha value is -3.06. The second-order valence-corrected chi connectivity index (χ2v) is 8.05. The molecule has 0 aliphatic rings. The highest BCUT2D eigenvalue weighted by Crippen LogP contribution is 2.31. The summed E-state index contributed by atoms with van der Waals surface area (Å²) in [6.45, 7) is 9.01. The fourth-order valence-electron chi connectivity index (χ4n) is 3.17. The molecule has 32 heavy (non-hydrogen) atoms. The molecule has 0 saturated heterocycles. The lowest BCUT2D eigenvalue weighted by Gasteiger charge is -2.16. The van der Waals surface area contributed by atoms with E-state index in [9.17, 15) is 14.3 Å². The zero-order valence-electron chi connectivity index (χ0n) is 18.7. The van der Waals surface area contributed by atoms with Gasteiger partial charge in [0.15, 0.2) is 17.5 Å². The molecule has 0 aliphatic carbocycles. The predicted molar refractivity (Wildman–Crippen MR) is 128 cm³/mol. The third kappa shape index (κ3) is 5.79. The number of hydrogen-bond acceptors (Lipinski definition) is 5. The Morgan fingerprint density at radius 2 is 1.84 bits per heavy atom. The molecule has 0 atom stereocenters. The number of hydrogen-bond donors (Lipinski definition) is 3. The molecule has 2 rings (SSSR count). The van der Waals surface area contributed by atoms with Gasteiger partial charge >= 0.3 is 0 Å². The summed E-state index contributed by atoms with van der Waals surface area (Å²) in [5.41, 5.74) is 0.895. The second-order valence-electron chi connectivity index (χ2n) is 7.17. The highest BCUT2D eigenvalue weighted by Gasteiger charge is 2.27. The van der Waals surface area contributed by atoms with Gasteiger partial charge in [-0.25, -0.2) is 8.78 Å². The van der Waals surface area contributed by atoms with Gasteiger partial charge in [-0.3, -0.25) is 4.79 Å². The van der Waals surface area contributed by atoms with Crippen molar-refractivity contribution in [2.45, 2.75) is 38.5 Å². The zero-order chi connectivity index (χ0) is 23.8. The van der Waals surface area contributed by atoms with Crippen LogP contribution in [0.1, 0.15) is 43.1 Å². The van der Waals surface area contributed by atoms with E-state index in [2.05, 4.69) is 23.5 Å². The Morgan fingerprint density at radius 1 is 1.19 bits per heavy atom. The molecule has 2 aromatic carbocycles. The minimum atomic E-state index is -1.01. The van der Waals surface area contributed by atoms with Crippen LogP contribution in [0.4, 0.5) is 14.5 Å². The molecular formula is C25H28F2N2O2S. The summed E-state index contributed by atoms with van der Waals surface area (Å²) >= 11 is 1.16. The van der Waals surface area contributed by atoms with E-state index in [1.54, 1.807) is 13.8 Å². The van der Waals surface area contributed by atoms with Gasteiger partial charge in [0.2, 0.25) is 0 Å². The quantitative estimate of drug-likeness (QED) is 0.121. The van der Waals surface area contributed by atoms with Gasteiger partial charge in [-0.15, -0.1) is 0 Å². The van der Waals surface area contributed by atoms with Crippen LogP contribution < -0.4 is 10.0 Å². The molecule has 0 saturated carbocycles. The van der Waals surface area contributed by atoms with Crippen molar-refractivity contribution in [1.29, 1.82) is 0 Å². The molecule has 0 spiro atoms. The molecule has 4 nitrogen and oxygen atoms in total. The van der Waals surface area contributed by atoms with Crippen LogP contribution in [0.2, 0.25) is 0 Å². The van der Waals surface area contributed by atoms with E-state index in [0.717, 1.165) is 35.8 Å². The number of ketones is 1. The maximum Gasteiger partial charge on any atom is 0.199 e. The van der Waals surface area contributed by atoms with E-state index in [1.165, 1.54) is 24.8 Å². The number of Topliss-reactive ketones (excluding diaryl/α,β-unsaturated/α-hetero) is 1. The van der Waals surface area contributed by atoms with E-state index in [-0.39, 0.29) is 22.7 Å². The number of carbonyl (C=O) groups excluding carboxylic acids is 1. The van der Waals surface area contributed by atoms with E-state index >= 15 is 4.39 Å². The van der Waals surface area contributed by atoms with Gasteiger partial charge in [-0.2, -0.15) is 0 Å². The van der Waals surface area contributed by atoms with Crippen molar-refractivity contribution >= 4 is 23.4 Å². The smallest absolute Gasteiger partial charge is 0.199 e. The van der Waals surface area contributed by atoms with Crippen LogP contribution in [0.15, 0.2) is 76.6 Å². The molecule has 0 aromatic heterocycles. The summed E-state index contributed by atoms with van der Waals surface area (Å²) in [4.78, 5) is 14.0. The lowest BCUT2D eigenvalue weighted by molar-refractivity contribution is 0.102. The summed E-state index contributed by atoms with van der Waals surface area (Å²) in [5.74, 6) is -3.19. The first-order chi connectivity index (χ1) is 15.2. The Morgan fingerprint density at radius 3 is 2.38 bits per heavy atom. The Labute approximate surface area is 192 Å². The fraction of sp³-hybridized carbons (Fsp3) is 0.240. The van der Waals surface area contributed by atoms with E-state index in [0.29, 0.717) is 5.57 Å². The molecule has 7 heteroatoms. The maximum atomic E-state index is 15.2. The number of rotatable bonds is 10. The third-order valence-electron chi connectivity index (χ3n) is 4.76. The third-order valence-corrected chi connectivity index (χ3v) is 5.59. The summed E-state index contributed by atoms with van der Waals surface area (Å²) < 4.78 is 32.6. The first-order valence-corrected chi connectivity index (χ1v) is 11.0. The fourth-order valence-corrected chi connectivity index (χ4v) is 3.83. The van der Waals surface area contributed by atoms with Crippen molar-refractivity contribution in [2.24, 2.45) is 0 Å². The average molecular weight is 459 g/mol. The number of benzene rings is 2. The van der Waals surface area contributed by atoms with Gasteiger partial charge < -0.3 is 15.1 Å². The van der Waals surface area contributed by atoms with E-state index in [4.69, 9.17) is 0 Å². The van der Waals surface area contributed by atoms with Crippen molar-refractivity contribution < 1.29 is 18.7 Å². The second kappa shape index (κ2) is 11.5. The molecule has 0 amide bonds. The number of nitrogens with one attached hydrogen (secondary N) is 2. The molecule has 170 valence electrons. The molecule has 0 aliphatic heterocycles. The predicted octanol–water partition coefficient (Wildman–Crippen LogP) is 6.73. The van der Waals surface area contributed by atoms with E-state index in [1.807, 2.05) is 24.3 Å². The number of aliphatic hydroxyl groups excluding tert-OH is 1. The molecule has 0 fully saturated rings. The maximum absolute atomic E-state index is 15.2. The molecule has 0 heterocycles. The summed E-state index contributed by atoms with van der Waals surface area (Å²) in [6.07, 6.45) is 3.42. The molecule has 0 unspecified atom stereocenters. The highest BCUT2D eigenvalue weighted by atomic mass is 32.2. The van der Waals surface area contributed by atoms with Gasteiger partial charge in [0.1, 0.15) is 5.82 Å². The minimum absolute atomic E-state index is 0.0217. The summed E-state index contributed by atoms with van der Waals surface area (Å²) in [7, 11) is 1.47. The van der Waals surface area contributed by atoms with E-state index < -0.39 is 23.0 Å². The molecule has 0 bridgehead atoms. The van der Waals surface area contributed by atoms with Crippen LogP contribution in [0, 0.1) is 11.6 Å². The normalized spacial score (nSPS) is 12.2. The van der Waals surface area contributed by atoms with Gasteiger partial charge in [-0.1, -0.05) is 38.1 Å². The summed E-state index contributed by atoms with van der Waals surface area (Å²) in [5, 5.41) is 12.7. The topological polar surface area (TPSA) is 61.4 Å². The van der Waals surface area contributed by atoms with Crippen LogP contribution >= 0.6 is 11.9 Å². The number of aryl methyl sites for hydroxylation is 1. The number of aliphatic hydroxyl groups is 1. The SMILES string of the molecule is C=C(C)C(=C(/O)NC)/C(=C\C)C(=O)c1c(F)ccc(NSc2ccc(CCC)cc2)c1F. The molecule has 3 N–H and O–H groups in total. The van der Waals surface area contributed by atoms with Gasteiger partial charge in [0.25, 0.3) is 0 Å².